The zero-order valence-corrected chi connectivity index (χ0v) is 19.3. The molecule has 0 aliphatic carbocycles. The van der Waals surface area contributed by atoms with Gasteiger partial charge < -0.3 is 15.8 Å². The normalized spacial score (nSPS) is 19.2. The van der Waals surface area contributed by atoms with Gasteiger partial charge >= 0.3 is 0 Å². The number of piperidine rings is 1. The van der Waals surface area contributed by atoms with Gasteiger partial charge in [0.15, 0.2) is 5.96 Å². The van der Waals surface area contributed by atoms with Gasteiger partial charge in [0.1, 0.15) is 0 Å². The van der Waals surface area contributed by atoms with Gasteiger partial charge in [-0.25, -0.2) is 4.99 Å². The quantitative estimate of drug-likeness (QED) is 0.248. The lowest BCUT2D eigenvalue weighted by Gasteiger charge is -2.27. The maximum atomic E-state index is 6.07. The molecule has 1 aromatic rings. The number of benzene rings is 1. The van der Waals surface area contributed by atoms with Crippen LogP contribution < -0.4 is 11.1 Å². The van der Waals surface area contributed by atoms with Crippen LogP contribution in [0.2, 0.25) is 0 Å². The number of hydrogen-bond acceptors (Lipinski definition) is 4. The molecule has 0 spiro atoms. The minimum atomic E-state index is 0. The molecule has 1 aromatic carbocycles. The average molecular weight is 501 g/mol. The smallest absolute Gasteiger partial charge is 0.188 e. The standard InChI is InChI=1S/C21H35N5O.HI/c22-21(23-9-6-12-25-13-15-27-16-14-25)24-17-19-7-2-3-8-20(19)18-26-10-4-1-5-11-26;/h2-3,7-8H,1,4-6,9-18H2,(H3,22,23,24);1H. The molecular formula is C21H36IN5O. The van der Waals surface area contributed by atoms with Crippen LogP contribution in [-0.4, -0.2) is 68.2 Å². The van der Waals surface area contributed by atoms with Crippen LogP contribution in [0.4, 0.5) is 0 Å². The summed E-state index contributed by atoms with van der Waals surface area (Å²) in [5, 5.41) is 3.25. The molecular weight excluding hydrogens is 465 g/mol. The van der Waals surface area contributed by atoms with Crippen molar-refractivity contribution in [1.82, 2.24) is 15.1 Å². The predicted octanol–water partition coefficient (Wildman–Crippen LogP) is 2.42. The van der Waals surface area contributed by atoms with Crippen molar-refractivity contribution < 1.29 is 4.74 Å². The Kier molecular flexibility index (Phi) is 11.1. The zero-order chi connectivity index (χ0) is 18.7. The summed E-state index contributed by atoms with van der Waals surface area (Å²) >= 11 is 0. The van der Waals surface area contributed by atoms with Crippen LogP contribution in [0.5, 0.6) is 0 Å². The summed E-state index contributed by atoms with van der Waals surface area (Å²) in [5.41, 5.74) is 8.73. The highest BCUT2D eigenvalue weighted by Gasteiger charge is 2.12. The van der Waals surface area contributed by atoms with Gasteiger partial charge in [-0.2, -0.15) is 0 Å². The highest BCUT2D eigenvalue weighted by atomic mass is 127. The molecule has 7 heteroatoms. The molecule has 0 amide bonds. The first-order valence-corrected chi connectivity index (χ1v) is 10.4. The largest absolute Gasteiger partial charge is 0.379 e. The maximum Gasteiger partial charge on any atom is 0.188 e. The first-order valence-electron chi connectivity index (χ1n) is 10.4. The van der Waals surface area contributed by atoms with Crippen molar-refractivity contribution in [3.8, 4) is 0 Å². The summed E-state index contributed by atoms with van der Waals surface area (Å²) in [6.45, 7) is 9.83. The first-order chi connectivity index (χ1) is 13.3. The Morgan fingerprint density at radius 3 is 2.46 bits per heavy atom. The van der Waals surface area contributed by atoms with E-state index in [1.165, 1.54) is 43.5 Å². The third-order valence-corrected chi connectivity index (χ3v) is 5.44. The number of guanidine groups is 1. The fourth-order valence-corrected chi connectivity index (χ4v) is 3.79. The topological polar surface area (TPSA) is 66.1 Å². The van der Waals surface area contributed by atoms with Gasteiger partial charge in [-0.05, 0) is 50.0 Å². The van der Waals surface area contributed by atoms with Gasteiger partial charge in [-0.3, -0.25) is 9.80 Å². The highest BCUT2D eigenvalue weighted by molar-refractivity contribution is 14.0. The van der Waals surface area contributed by atoms with Crippen molar-refractivity contribution in [1.29, 1.82) is 0 Å². The molecule has 0 atom stereocenters. The van der Waals surface area contributed by atoms with Crippen LogP contribution in [0.15, 0.2) is 29.3 Å². The molecule has 158 valence electrons. The van der Waals surface area contributed by atoms with E-state index in [4.69, 9.17) is 10.5 Å². The summed E-state index contributed by atoms with van der Waals surface area (Å²) < 4.78 is 5.38. The van der Waals surface area contributed by atoms with E-state index in [1.807, 2.05) is 0 Å². The van der Waals surface area contributed by atoms with Crippen molar-refractivity contribution in [2.75, 3.05) is 52.5 Å². The molecule has 2 aliphatic heterocycles. The lowest BCUT2D eigenvalue weighted by atomic mass is 10.1. The van der Waals surface area contributed by atoms with Crippen LogP contribution in [0, 0.1) is 0 Å². The number of aliphatic imine (C=N–C) groups is 1. The van der Waals surface area contributed by atoms with E-state index >= 15 is 0 Å². The van der Waals surface area contributed by atoms with Gasteiger partial charge in [0.05, 0.1) is 19.8 Å². The van der Waals surface area contributed by atoms with Crippen molar-refractivity contribution in [2.45, 2.75) is 38.8 Å². The monoisotopic (exact) mass is 501 g/mol. The number of rotatable bonds is 8. The van der Waals surface area contributed by atoms with Crippen LogP contribution in [0.1, 0.15) is 36.8 Å². The second-order valence-electron chi connectivity index (χ2n) is 7.54. The minimum Gasteiger partial charge on any atom is -0.379 e. The molecule has 0 aromatic heterocycles. The SMILES string of the molecule is I.NC(=NCc1ccccc1CN1CCCCC1)NCCCN1CCOCC1. The fraction of sp³-hybridized carbons (Fsp3) is 0.667. The molecule has 0 bridgehead atoms. The van der Waals surface area contributed by atoms with Crippen LogP contribution in [0.25, 0.3) is 0 Å². The van der Waals surface area contributed by atoms with Gasteiger partial charge in [-0.15, -0.1) is 24.0 Å². The Morgan fingerprint density at radius 2 is 1.71 bits per heavy atom. The number of nitrogens with zero attached hydrogens (tertiary/aromatic N) is 3. The Labute approximate surface area is 186 Å². The maximum absolute atomic E-state index is 6.07. The lowest BCUT2D eigenvalue weighted by molar-refractivity contribution is 0.0376. The van der Waals surface area contributed by atoms with Crippen molar-refractivity contribution in [2.24, 2.45) is 10.7 Å². The Morgan fingerprint density at radius 1 is 1.00 bits per heavy atom. The number of morpholine rings is 1. The molecule has 2 aliphatic rings. The molecule has 2 heterocycles. The Bertz CT molecular complexity index is 586. The average Bonchev–Trinajstić information content (AvgIpc) is 2.72. The van der Waals surface area contributed by atoms with E-state index in [2.05, 4.69) is 44.4 Å². The highest BCUT2D eigenvalue weighted by Crippen LogP contribution is 2.16. The molecule has 3 rings (SSSR count). The van der Waals surface area contributed by atoms with Crippen molar-refractivity contribution >= 4 is 29.9 Å². The summed E-state index contributed by atoms with van der Waals surface area (Å²) in [7, 11) is 0. The van der Waals surface area contributed by atoms with Crippen molar-refractivity contribution in [3.63, 3.8) is 0 Å². The van der Waals surface area contributed by atoms with E-state index in [1.54, 1.807) is 0 Å². The third kappa shape index (κ3) is 8.23. The first kappa shape index (κ1) is 23.4. The van der Waals surface area contributed by atoms with Crippen LogP contribution in [-0.2, 0) is 17.8 Å². The fourth-order valence-electron chi connectivity index (χ4n) is 3.79. The summed E-state index contributed by atoms with van der Waals surface area (Å²) in [6.07, 6.45) is 5.08. The number of nitrogens with one attached hydrogen (secondary N) is 1. The van der Waals surface area contributed by atoms with E-state index < -0.39 is 0 Å². The Balaban J connectivity index is 0.00000280. The number of nitrogens with two attached hydrogens (primary N) is 1. The molecule has 3 N–H and O–H groups in total. The van der Waals surface area contributed by atoms with Gasteiger partial charge in [0, 0.05) is 26.2 Å². The van der Waals surface area contributed by atoms with E-state index in [-0.39, 0.29) is 24.0 Å². The van der Waals surface area contributed by atoms with Crippen LogP contribution in [0.3, 0.4) is 0 Å². The predicted molar refractivity (Wildman–Crippen MR) is 126 cm³/mol. The summed E-state index contributed by atoms with van der Waals surface area (Å²) in [6, 6.07) is 8.62. The zero-order valence-electron chi connectivity index (χ0n) is 16.9. The number of likely N-dealkylation sites (tertiary alicyclic amines) is 1. The molecule has 6 nitrogen and oxygen atoms in total. The van der Waals surface area contributed by atoms with Gasteiger partial charge in [0.25, 0.3) is 0 Å². The van der Waals surface area contributed by atoms with E-state index in [0.717, 1.165) is 52.4 Å². The molecule has 0 saturated carbocycles. The Hall–Kier alpha value is -0.900. The van der Waals surface area contributed by atoms with E-state index in [0.29, 0.717) is 12.5 Å². The third-order valence-electron chi connectivity index (χ3n) is 5.44. The van der Waals surface area contributed by atoms with Crippen LogP contribution >= 0.6 is 24.0 Å². The number of hydrogen-bond donors (Lipinski definition) is 2. The van der Waals surface area contributed by atoms with E-state index in [9.17, 15) is 0 Å². The van der Waals surface area contributed by atoms with Gasteiger partial charge in [0.2, 0.25) is 0 Å². The minimum absolute atomic E-state index is 0. The summed E-state index contributed by atoms with van der Waals surface area (Å²) in [4.78, 5) is 9.56. The number of ether oxygens (including phenoxy) is 1. The molecule has 0 unspecified atom stereocenters. The lowest BCUT2D eigenvalue weighted by Crippen LogP contribution is -2.39. The molecule has 2 saturated heterocycles. The van der Waals surface area contributed by atoms with Gasteiger partial charge in [-0.1, -0.05) is 30.7 Å². The molecule has 28 heavy (non-hydrogen) atoms. The second kappa shape index (κ2) is 13.3. The molecule has 2 fully saturated rings. The number of halogens is 1. The second-order valence-corrected chi connectivity index (χ2v) is 7.54. The molecule has 0 radical (unpaired) electrons. The van der Waals surface area contributed by atoms with Crippen molar-refractivity contribution in [3.05, 3.63) is 35.4 Å². The summed E-state index contributed by atoms with van der Waals surface area (Å²) in [5.74, 6) is 0.546.